The van der Waals surface area contributed by atoms with E-state index in [0.717, 1.165) is 33.1 Å². The van der Waals surface area contributed by atoms with Crippen LogP contribution in [0.5, 0.6) is 11.5 Å². The van der Waals surface area contributed by atoms with Crippen LogP contribution in [0.15, 0.2) is 94.3 Å². The van der Waals surface area contributed by atoms with E-state index < -0.39 is 4.92 Å². The SMILES string of the molecule is CCN=c1scc(-c2ccc([N+](=O)[O-])cc2)n1/N=C/c1ccc(Oc2ccccc2)cc1. The number of nitro benzene ring substituents is 1. The summed E-state index contributed by atoms with van der Waals surface area (Å²) in [5.74, 6) is 1.52. The summed E-state index contributed by atoms with van der Waals surface area (Å²) in [6.45, 7) is 2.59. The predicted octanol–water partition coefficient (Wildman–Crippen LogP) is 5.72. The zero-order chi connectivity index (χ0) is 22.3. The Bertz CT molecular complexity index is 1290. The quantitative estimate of drug-likeness (QED) is 0.208. The number of non-ortho nitro benzene ring substituents is 1. The number of nitro groups is 1. The Hall–Kier alpha value is -4.04. The van der Waals surface area contributed by atoms with Crippen molar-refractivity contribution in [1.82, 2.24) is 4.68 Å². The van der Waals surface area contributed by atoms with Gasteiger partial charge in [-0.3, -0.25) is 15.1 Å². The summed E-state index contributed by atoms with van der Waals surface area (Å²) in [4.78, 5) is 15.8. The Balaban J connectivity index is 1.59. The molecule has 0 saturated heterocycles. The lowest BCUT2D eigenvalue weighted by Gasteiger charge is -2.06. The van der Waals surface area contributed by atoms with E-state index in [1.165, 1.54) is 23.5 Å². The second-order valence-corrected chi connectivity index (χ2v) is 7.56. The summed E-state index contributed by atoms with van der Waals surface area (Å²) in [6.07, 6.45) is 1.75. The average Bonchev–Trinajstić information content (AvgIpc) is 3.22. The minimum Gasteiger partial charge on any atom is -0.457 e. The van der Waals surface area contributed by atoms with Crippen LogP contribution in [-0.4, -0.2) is 22.4 Å². The van der Waals surface area contributed by atoms with E-state index >= 15 is 0 Å². The number of rotatable bonds is 7. The zero-order valence-corrected chi connectivity index (χ0v) is 18.1. The number of hydrogen-bond acceptors (Lipinski definition) is 6. The lowest BCUT2D eigenvalue weighted by molar-refractivity contribution is -0.384. The minimum atomic E-state index is -0.410. The van der Waals surface area contributed by atoms with E-state index in [2.05, 4.69) is 10.1 Å². The number of aromatic nitrogens is 1. The Morgan fingerprint density at radius 1 is 1.00 bits per heavy atom. The fourth-order valence-corrected chi connectivity index (χ4v) is 3.88. The molecule has 0 aliphatic heterocycles. The van der Waals surface area contributed by atoms with Crippen LogP contribution in [-0.2, 0) is 0 Å². The summed E-state index contributed by atoms with van der Waals surface area (Å²) in [5.41, 5.74) is 2.60. The van der Waals surface area contributed by atoms with E-state index in [1.54, 1.807) is 23.0 Å². The Kier molecular flexibility index (Phi) is 6.52. The molecule has 3 aromatic carbocycles. The molecule has 4 aromatic rings. The summed E-state index contributed by atoms with van der Waals surface area (Å²) >= 11 is 1.47. The molecule has 0 fully saturated rings. The van der Waals surface area contributed by atoms with Gasteiger partial charge >= 0.3 is 0 Å². The summed E-state index contributed by atoms with van der Waals surface area (Å²) in [6, 6.07) is 23.7. The summed E-state index contributed by atoms with van der Waals surface area (Å²) in [5, 5.41) is 17.5. The fourth-order valence-electron chi connectivity index (χ4n) is 2.98. The van der Waals surface area contributed by atoms with Gasteiger partial charge in [0.1, 0.15) is 11.5 Å². The molecule has 0 aliphatic carbocycles. The topological polar surface area (TPSA) is 82.0 Å². The smallest absolute Gasteiger partial charge is 0.269 e. The molecule has 8 heteroatoms. The van der Waals surface area contributed by atoms with Gasteiger partial charge in [0.2, 0.25) is 4.80 Å². The fraction of sp³-hybridized carbons (Fsp3) is 0.0833. The van der Waals surface area contributed by atoms with Crippen molar-refractivity contribution < 1.29 is 9.66 Å². The monoisotopic (exact) mass is 444 g/mol. The van der Waals surface area contributed by atoms with Crippen LogP contribution < -0.4 is 9.54 Å². The van der Waals surface area contributed by atoms with E-state index in [9.17, 15) is 10.1 Å². The number of thiazole rings is 1. The molecule has 0 spiro atoms. The third-order valence-corrected chi connectivity index (χ3v) is 5.39. The lowest BCUT2D eigenvalue weighted by Crippen LogP contribution is -2.12. The van der Waals surface area contributed by atoms with Gasteiger partial charge < -0.3 is 4.74 Å². The van der Waals surface area contributed by atoms with Crippen LogP contribution in [0.4, 0.5) is 5.69 Å². The number of nitrogens with zero attached hydrogens (tertiary/aromatic N) is 4. The molecule has 0 saturated carbocycles. The largest absolute Gasteiger partial charge is 0.457 e. The van der Waals surface area contributed by atoms with Crippen LogP contribution in [0, 0.1) is 10.1 Å². The molecule has 0 bridgehead atoms. The molecule has 0 unspecified atom stereocenters. The highest BCUT2D eigenvalue weighted by Crippen LogP contribution is 2.24. The van der Waals surface area contributed by atoms with Gasteiger partial charge in [0.05, 0.1) is 16.8 Å². The molecule has 4 rings (SSSR count). The highest BCUT2D eigenvalue weighted by molar-refractivity contribution is 7.07. The van der Waals surface area contributed by atoms with Crippen molar-refractivity contribution in [2.75, 3.05) is 6.54 Å². The maximum atomic E-state index is 10.9. The van der Waals surface area contributed by atoms with E-state index in [-0.39, 0.29) is 5.69 Å². The molecule has 1 heterocycles. The van der Waals surface area contributed by atoms with Gasteiger partial charge in [0.15, 0.2) is 0 Å². The molecule has 160 valence electrons. The van der Waals surface area contributed by atoms with E-state index in [0.29, 0.717) is 6.54 Å². The van der Waals surface area contributed by atoms with Crippen molar-refractivity contribution in [3.8, 4) is 22.8 Å². The van der Waals surface area contributed by atoms with Crippen LogP contribution >= 0.6 is 11.3 Å². The maximum absolute atomic E-state index is 10.9. The Labute approximate surface area is 188 Å². The van der Waals surface area contributed by atoms with Crippen molar-refractivity contribution in [3.05, 3.63) is 105 Å². The first-order valence-electron chi connectivity index (χ1n) is 9.97. The van der Waals surface area contributed by atoms with Gasteiger partial charge in [-0.05, 0) is 61.0 Å². The first-order valence-corrected chi connectivity index (χ1v) is 10.8. The number of para-hydroxylation sites is 1. The van der Waals surface area contributed by atoms with E-state index in [1.807, 2.05) is 66.9 Å². The number of hydrogen-bond donors (Lipinski definition) is 0. The van der Waals surface area contributed by atoms with Crippen molar-refractivity contribution in [3.63, 3.8) is 0 Å². The van der Waals surface area contributed by atoms with Gasteiger partial charge in [-0.2, -0.15) is 5.10 Å². The molecule has 0 atom stereocenters. The first kappa shape index (κ1) is 21.2. The van der Waals surface area contributed by atoms with Gasteiger partial charge in [0.25, 0.3) is 5.69 Å². The van der Waals surface area contributed by atoms with E-state index in [4.69, 9.17) is 4.74 Å². The van der Waals surface area contributed by atoms with Gasteiger partial charge in [-0.25, -0.2) is 4.68 Å². The van der Waals surface area contributed by atoms with Crippen molar-refractivity contribution in [2.24, 2.45) is 10.1 Å². The molecule has 0 N–H and O–H groups in total. The molecule has 0 aliphatic rings. The predicted molar refractivity (Wildman–Crippen MR) is 126 cm³/mol. The second kappa shape index (κ2) is 9.84. The van der Waals surface area contributed by atoms with Crippen LogP contribution in [0.25, 0.3) is 11.3 Å². The summed E-state index contributed by atoms with van der Waals surface area (Å²) < 4.78 is 7.58. The molecule has 32 heavy (non-hydrogen) atoms. The highest BCUT2D eigenvalue weighted by Gasteiger charge is 2.10. The normalized spacial score (nSPS) is 11.7. The Morgan fingerprint density at radius 2 is 1.69 bits per heavy atom. The second-order valence-electron chi connectivity index (χ2n) is 6.72. The standard InChI is InChI=1S/C24H20N4O3S/c1-2-25-24-27(23(17-32-24)19-10-12-20(13-11-19)28(29)30)26-16-18-8-14-22(15-9-18)31-21-6-4-3-5-7-21/h3-17H,2H2,1H3/b25-24?,26-16+. The highest BCUT2D eigenvalue weighted by atomic mass is 32.1. The van der Waals surface area contributed by atoms with Crippen molar-refractivity contribution >= 4 is 23.2 Å². The summed E-state index contributed by atoms with van der Waals surface area (Å²) in [7, 11) is 0. The van der Waals surface area contributed by atoms with Gasteiger partial charge in [-0.1, -0.05) is 18.2 Å². The average molecular weight is 445 g/mol. The van der Waals surface area contributed by atoms with Crippen LogP contribution in [0.1, 0.15) is 12.5 Å². The maximum Gasteiger partial charge on any atom is 0.269 e. The lowest BCUT2D eigenvalue weighted by atomic mass is 10.1. The molecule has 0 amide bonds. The molecule has 1 aromatic heterocycles. The zero-order valence-electron chi connectivity index (χ0n) is 17.3. The van der Waals surface area contributed by atoms with Gasteiger partial charge in [-0.15, -0.1) is 11.3 Å². The van der Waals surface area contributed by atoms with Crippen molar-refractivity contribution in [2.45, 2.75) is 6.92 Å². The molecule has 0 radical (unpaired) electrons. The molecular formula is C24H20N4O3S. The number of ether oxygens (including phenoxy) is 1. The van der Waals surface area contributed by atoms with Crippen molar-refractivity contribution in [1.29, 1.82) is 0 Å². The first-order chi connectivity index (χ1) is 15.6. The molecular weight excluding hydrogens is 424 g/mol. The number of benzene rings is 3. The third-order valence-electron chi connectivity index (χ3n) is 4.53. The third kappa shape index (κ3) is 4.98. The molecule has 7 nitrogen and oxygen atoms in total. The van der Waals surface area contributed by atoms with Crippen LogP contribution in [0.3, 0.4) is 0 Å². The van der Waals surface area contributed by atoms with Crippen LogP contribution in [0.2, 0.25) is 0 Å². The minimum absolute atomic E-state index is 0.0512. The Morgan fingerprint density at radius 3 is 2.34 bits per heavy atom. The van der Waals surface area contributed by atoms with Gasteiger partial charge in [0, 0.05) is 29.6 Å².